The summed E-state index contributed by atoms with van der Waals surface area (Å²) in [5.74, 6) is 1.13. The number of likely N-dealkylation sites (tertiary alicyclic amines) is 1. The van der Waals surface area contributed by atoms with Crippen LogP contribution >= 0.6 is 23.2 Å². The molecule has 1 aromatic carbocycles. The number of rotatable bonds is 3. The molecule has 0 spiro atoms. The van der Waals surface area contributed by atoms with Crippen molar-refractivity contribution in [2.75, 3.05) is 32.8 Å². The molecule has 1 N–H and O–H groups in total. The molecule has 1 fully saturated rings. The van der Waals surface area contributed by atoms with Gasteiger partial charge in [-0.2, -0.15) is 0 Å². The van der Waals surface area contributed by atoms with Crippen LogP contribution in [0.3, 0.4) is 0 Å². The molecule has 0 radical (unpaired) electrons. The van der Waals surface area contributed by atoms with Crippen molar-refractivity contribution in [3.8, 4) is 5.75 Å². The monoisotopic (exact) mass is 313 g/mol. The summed E-state index contributed by atoms with van der Waals surface area (Å²) in [6.07, 6.45) is 3.18. The zero-order chi connectivity index (χ0) is 14.1. The number of aliphatic hydroxyl groups is 1. The molecule has 1 atom stereocenters. The minimum absolute atomic E-state index is 0.278. The van der Waals surface area contributed by atoms with Gasteiger partial charge in [-0.25, -0.2) is 0 Å². The molecule has 2 heterocycles. The topological polar surface area (TPSA) is 32.7 Å². The normalized spacial score (nSPS) is 22.4. The molecular weight excluding hydrogens is 297 g/mol. The van der Waals surface area contributed by atoms with Crippen molar-refractivity contribution in [2.24, 2.45) is 5.92 Å². The SMILES string of the molecule is OCC1CCN(CC2=Cc3cc(Cl)cc(Cl)c3OC2)C1. The summed E-state index contributed by atoms with van der Waals surface area (Å²) in [6.45, 7) is 3.71. The maximum atomic E-state index is 9.19. The fourth-order valence-corrected chi connectivity index (χ4v) is 3.41. The van der Waals surface area contributed by atoms with E-state index in [0.717, 1.165) is 37.4 Å². The highest BCUT2D eigenvalue weighted by molar-refractivity contribution is 6.36. The van der Waals surface area contributed by atoms with E-state index in [-0.39, 0.29) is 6.61 Å². The summed E-state index contributed by atoms with van der Waals surface area (Å²) in [5, 5.41) is 10.4. The van der Waals surface area contributed by atoms with E-state index in [1.54, 1.807) is 6.07 Å². The molecule has 0 amide bonds. The van der Waals surface area contributed by atoms with Crippen LogP contribution < -0.4 is 4.74 Å². The lowest BCUT2D eigenvalue weighted by Gasteiger charge is -2.23. The van der Waals surface area contributed by atoms with Crippen LogP contribution in [0, 0.1) is 5.92 Å². The van der Waals surface area contributed by atoms with Gasteiger partial charge < -0.3 is 9.84 Å². The average Bonchev–Trinajstić information content (AvgIpc) is 2.85. The maximum Gasteiger partial charge on any atom is 0.145 e. The molecule has 3 nitrogen and oxygen atoms in total. The molecule has 2 aliphatic rings. The quantitative estimate of drug-likeness (QED) is 0.931. The van der Waals surface area contributed by atoms with Crippen LogP contribution in [-0.2, 0) is 0 Å². The van der Waals surface area contributed by atoms with Crippen LogP contribution in [0.25, 0.3) is 6.08 Å². The first-order valence-corrected chi connectivity index (χ1v) is 7.56. The van der Waals surface area contributed by atoms with Crippen LogP contribution in [0.1, 0.15) is 12.0 Å². The van der Waals surface area contributed by atoms with Gasteiger partial charge in [0, 0.05) is 30.3 Å². The van der Waals surface area contributed by atoms with Crippen LogP contribution in [0.15, 0.2) is 17.7 Å². The van der Waals surface area contributed by atoms with Gasteiger partial charge in [0.2, 0.25) is 0 Å². The fourth-order valence-electron chi connectivity index (χ4n) is 2.85. The molecule has 0 bridgehead atoms. The van der Waals surface area contributed by atoms with Gasteiger partial charge in [-0.3, -0.25) is 4.90 Å². The Kier molecular flexibility index (Phi) is 4.22. The Hall–Kier alpha value is -0.740. The lowest BCUT2D eigenvalue weighted by Crippen LogP contribution is -2.26. The largest absolute Gasteiger partial charge is 0.487 e. The average molecular weight is 314 g/mol. The molecule has 20 heavy (non-hydrogen) atoms. The van der Waals surface area contributed by atoms with Crippen molar-refractivity contribution in [1.82, 2.24) is 4.90 Å². The molecular formula is C15H17Cl2NO2. The summed E-state index contributed by atoms with van der Waals surface area (Å²) >= 11 is 12.2. The number of ether oxygens (including phenoxy) is 1. The third kappa shape index (κ3) is 2.96. The van der Waals surface area contributed by atoms with E-state index in [1.165, 1.54) is 5.57 Å². The third-order valence-electron chi connectivity index (χ3n) is 3.85. The summed E-state index contributed by atoms with van der Waals surface area (Å²) in [5.41, 5.74) is 2.16. The highest BCUT2D eigenvalue weighted by Gasteiger charge is 2.23. The number of benzene rings is 1. The predicted octanol–water partition coefficient (Wildman–Crippen LogP) is 3.08. The van der Waals surface area contributed by atoms with Crippen LogP contribution in [0.4, 0.5) is 0 Å². The van der Waals surface area contributed by atoms with Crippen LogP contribution in [-0.4, -0.2) is 42.9 Å². The maximum absolute atomic E-state index is 9.19. The lowest BCUT2D eigenvalue weighted by atomic mass is 10.1. The van der Waals surface area contributed by atoms with Crippen molar-refractivity contribution in [2.45, 2.75) is 6.42 Å². The Morgan fingerprint density at radius 1 is 1.35 bits per heavy atom. The Bertz CT molecular complexity index is 545. The van der Waals surface area contributed by atoms with Crippen LogP contribution in [0.5, 0.6) is 5.75 Å². The van der Waals surface area contributed by atoms with Gasteiger partial charge in [0.1, 0.15) is 12.4 Å². The highest BCUT2D eigenvalue weighted by atomic mass is 35.5. The Morgan fingerprint density at radius 2 is 2.20 bits per heavy atom. The zero-order valence-electron chi connectivity index (χ0n) is 11.1. The molecule has 1 unspecified atom stereocenters. The zero-order valence-corrected chi connectivity index (χ0v) is 12.6. The molecule has 5 heteroatoms. The van der Waals surface area contributed by atoms with E-state index in [9.17, 15) is 5.11 Å². The molecule has 2 aliphatic heterocycles. The second kappa shape index (κ2) is 5.94. The van der Waals surface area contributed by atoms with Crippen molar-refractivity contribution < 1.29 is 9.84 Å². The van der Waals surface area contributed by atoms with Gasteiger partial charge in [-0.1, -0.05) is 23.2 Å². The van der Waals surface area contributed by atoms with E-state index in [1.807, 2.05) is 6.07 Å². The standard InChI is InChI=1S/C15H17Cl2NO2/c16-13-4-12-3-11(9-20-15(12)14(17)5-13)7-18-2-1-10(6-18)8-19/h3-5,10,19H,1-2,6-9H2. The van der Waals surface area contributed by atoms with E-state index in [4.69, 9.17) is 27.9 Å². The first-order valence-electron chi connectivity index (χ1n) is 6.80. The summed E-state index contributed by atoms with van der Waals surface area (Å²) in [4.78, 5) is 2.35. The lowest BCUT2D eigenvalue weighted by molar-refractivity contribution is 0.223. The number of hydrogen-bond donors (Lipinski definition) is 1. The van der Waals surface area contributed by atoms with Gasteiger partial charge in [0.05, 0.1) is 5.02 Å². The summed E-state index contributed by atoms with van der Waals surface area (Å²) in [6, 6.07) is 3.58. The second-order valence-electron chi connectivity index (χ2n) is 5.47. The smallest absolute Gasteiger partial charge is 0.145 e. The minimum Gasteiger partial charge on any atom is -0.487 e. The van der Waals surface area contributed by atoms with Crippen molar-refractivity contribution in [1.29, 1.82) is 0 Å². The predicted molar refractivity (Wildman–Crippen MR) is 81.6 cm³/mol. The van der Waals surface area contributed by atoms with Crippen molar-refractivity contribution in [3.05, 3.63) is 33.3 Å². The summed E-state index contributed by atoms with van der Waals surface area (Å²) in [7, 11) is 0. The van der Waals surface area contributed by atoms with Crippen LogP contribution in [0.2, 0.25) is 10.0 Å². The number of fused-ring (bicyclic) bond motifs is 1. The van der Waals surface area contributed by atoms with Gasteiger partial charge in [0.25, 0.3) is 0 Å². The first-order chi connectivity index (χ1) is 9.65. The van der Waals surface area contributed by atoms with Crippen molar-refractivity contribution >= 4 is 29.3 Å². The molecule has 108 valence electrons. The van der Waals surface area contributed by atoms with E-state index < -0.39 is 0 Å². The molecule has 1 saturated heterocycles. The minimum atomic E-state index is 0.278. The Labute approximate surface area is 128 Å². The summed E-state index contributed by atoms with van der Waals surface area (Å²) < 4.78 is 5.75. The Balaban J connectivity index is 1.74. The molecule has 3 rings (SSSR count). The van der Waals surface area contributed by atoms with E-state index in [0.29, 0.717) is 22.6 Å². The van der Waals surface area contributed by atoms with Gasteiger partial charge in [0.15, 0.2) is 0 Å². The third-order valence-corrected chi connectivity index (χ3v) is 4.35. The number of aliphatic hydroxyl groups excluding tert-OH is 1. The van der Waals surface area contributed by atoms with E-state index >= 15 is 0 Å². The highest BCUT2D eigenvalue weighted by Crippen LogP contribution is 2.36. The second-order valence-corrected chi connectivity index (χ2v) is 6.31. The molecule has 0 saturated carbocycles. The van der Waals surface area contributed by atoms with E-state index in [2.05, 4.69) is 11.0 Å². The number of nitrogens with zero attached hydrogens (tertiary/aromatic N) is 1. The number of halogens is 2. The first kappa shape index (κ1) is 14.2. The fraction of sp³-hybridized carbons (Fsp3) is 0.467. The molecule has 1 aromatic rings. The molecule has 0 aliphatic carbocycles. The number of hydrogen-bond acceptors (Lipinski definition) is 3. The van der Waals surface area contributed by atoms with Gasteiger partial charge >= 0.3 is 0 Å². The van der Waals surface area contributed by atoms with Crippen molar-refractivity contribution in [3.63, 3.8) is 0 Å². The molecule has 0 aromatic heterocycles. The van der Waals surface area contributed by atoms with Gasteiger partial charge in [-0.15, -0.1) is 0 Å². The van der Waals surface area contributed by atoms with Gasteiger partial charge in [-0.05, 0) is 42.7 Å². The Morgan fingerprint density at radius 3 is 2.95 bits per heavy atom.